The summed E-state index contributed by atoms with van der Waals surface area (Å²) in [4.78, 5) is 11.2. The van der Waals surface area contributed by atoms with E-state index in [1.54, 1.807) is 12.1 Å². The first-order valence-corrected chi connectivity index (χ1v) is 4.39. The number of hydrogen-bond donors (Lipinski definition) is 2. The van der Waals surface area contributed by atoms with Gasteiger partial charge in [-0.15, -0.1) is 0 Å². The second kappa shape index (κ2) is 5.24. The van der Waals surface area contributed by atoms with Gasteiger partial charge in [0.15, 0.2) is 0 Å². The van der Waals surface area contributed by atoms with Gasteiger partial charge < -0.3 is 15.2 Å². The van der Waals surface area contributed by atoms with Crippen LogP contribution in [0.3, 0.4) is 0 Å². The Kier molecular flexibility index (Phi) is 3.94. The van der Waals surface area contributed by atoms with E-state index in [9.17, 15) is 4.79 Å². The number of amides is 1. The van der Waals surface area contributed by atoms with Crippen LogP contribution >= 0.6 is 0 Å². The summed E-state index contributed by atoms with van der Waals surface area (Å²) in [6, 6.07) is 6.37. The summed E-state index contributed by atoms with van der Waals surface area (Å²) in [7, 11) is 0. The van der Waals surface area contributed by atoms with E-state index in [-0.39, 0.29) is 18.3 Å². The average Bonchev–Trinajstić information content (AvgIpc) is 2.15. The zero-order chi connectivity index (χ0) is 10.4. The molecule has 1 aromatic carbocycles. The predicted octanol–water partition coefficient (Wildman–Crippen LogP) is 1.37. The topological polar surface area (TPSA) is 58.6 Å². The Morgan fingerprint density at radius 2 is 2.36 bits per heavy atom. The standard InChI is InChI=1S/C10H13NO3/c1-2-14-7-10(13)11-8-4-3-5-9(12)6-8/h3-6,12H,2,7H2,1H3,(H,11,13). The van der Waals surface area contributed by atoms with Crippen molar-refractivity contribution in [3.63, 3.8) is 0 Å². The van der Waals surface area contributed by atoms with Crippen LogP contribution in [0.15, 0.2) is 24.3 Å². The lowest BCUT2D eigenvalue weighted by atomic mass is 10.3. The highest BCUT2D eigenvalue weighted by molar-refractivity contribution is 5.91. The zero-order valence-corrected chi connectivity index (χ0v) is 7.99. The third-order valence-electron chi connectivity index (χ3n) is 1.57. The molecule has 0 spiro atoms. The number of carbonyl (C=O) groups is 1. The first kappa shape index (κ1) is 10.5. The second-order valence-corrected chi connectivity index (χ2v) is 2.74. The maximum atomic E-state index is 11.2. The van der Waals surface area contributed by atoms with E-state index in [0.717, 1.165) is 0 Å². The minimum Gasteiger partial charge on any atom is -0.508 e. The third-order valence-corrected chi connectivity index (χ3v) is 1.57. The van der Waals surface area contributed by atoms with E-state index in [1.165, 1.54) is 12.1 Å². The van der Waals surface area contributed by atoms with Crippen molar-refractivity contribution in [2.75, 3.05) is 18.5 Å². The molecule has 0 aromatic heterocycles. The van der Waals surface area contributed by atoms with Gasteiger partial charge in [-0.3, -0.25) is 4.79 Å². The van der Waals surface area contributed by atoms with Crippen molar-refractivity contribution in [1.82, 2.24) is 0 Å². The molecule has 0 saturated heterocycles. The van der Waals surface area contributed by atoms with Crippen LogP contribution in [0.2, 0.25) is 0 Å². The highest BCUT2D eigenvalue weighted by Gasteiger charge is 2.01. The average molecular weight is 195 g/mol. The number of anilines is 1. The second-order valence-electron chi connectivity index (χ2n) is 2.74. The monoisotopic (exact) mass is 195 g/mol. The number of ether oxygens (including phenoxy) is 1. The maximum Gasteiger partial charge on any atom is 0.250 e. The summed E-state index contributed by atoms with van der Waals surface area (Å²) in [6.07, 6.45) is 0. The third kappa shape index (κ3) is 3.45. The molecule has 0 aliphatic heterocycles. The van der Waals surface area contributed by atoms with Crippen LogP contribution in [0, 0.1) is 0 Å². The number of rotatable bonds is 4. The van der Waals surface area contributed by atoms with Gasteiger partial charge in [0.25, 0.3) is 0 Å². The smallest absolute Gasteiger partial charge is 0.250 e. The van der Waals surface area contributed by atoms with Gasteiger partial charge in [0, 0.05) is 18.4 Å². The zero-order valence-electron chi connectivity index (χ0n) is 7.99. The Labute approximate surface area is 82.5 Å². The number of phenolic OH excluding ortho intramolecular Hbond substituents is 1. The lowest BCUT2D eigenvalue weighted by molar-refractivity contribution is -0.120. The molecule has 14 heavy (non-hydrogen) atoms. The van der Waals surface area contributed by atoms with Gasteiger partial charge in [-0.25, -0.2) is 0 Å². The molecular weight excluding hydrogens is 182 g/mol. The van der Waals surface area contributed by atoms with E-state index >= 15 is 0 Å². The van der Waals surface area contributed by atoms with E-state index < -0.39 is 0 Å². The van der Waals surface area contributed by atoms with Crippen LogP contribution < -0.4 is 5.32 Å². The molecule has 1 aromatic rings. The molecule has 4 nitrogen and oxygen atoms in total. The lowest BCUT2D eigenvalue weighted by Gasteiger charge is -2.04. The molecule has 0 aliphatic rings. The van der Waals surface area contributed by atoms with Crippen molar-refractivity contribution in [1.29, 1.82) is 0 Å². The van der Waals surface area contributed by atoms with Crippen molar-refractivity contribution < 1.29 is 14.6 Å². The summed E-state index contributed by atoms with van der Waals surface area (Å²) in [5.74, 6) is -0.100. The molecular formula is C10H13NO3. The Morgan fingerprint density at radius 3 is 3.00 bits per heavy atom. The molecule has 1 rings (SSSR count). The number of carbonyl (C=O) groups excluding carboxylic acids is 1. The highest BCUT2D eigenvalue weighted by Crippen LogP contribution is 2.14. The molecule has 1 amide bonds. The van der Waals surface area contributed by atoms with E-state index in [2.05, 4.69) is 5.32 Å². The number of nitrogens with one attached hydrogen (secondary N) is 1. The predicted molar refractivity (Wildman–Crippen MR) is 53.2 cm³/mol. The first-order valence-electron chi connectivity index (χ1n) is 4.39. The first-order chi connectivity index (χ1) is 6.72. The van der Waals surface area contributed by atoms with Crippen LogP contribution in [0.25, 0.3) is 0 Å². The molecule has 0 saturated carbocycles. The maximum absolute atomic E-state index is 11.2. The van der Waals surface area contributed by atoms with E-state index in [4.69, 9.17) is 9.84 Å². The molecule has 0 fully saturated rings. The van der Waals surface area contributed by atoms with Crippen LogP contribution in [0.5, 0.6) is 5.75 Å². The van der Waals surface area contributed by atoms with E-state index in [0.29, 0.717) is 12.3 Å². The van der Waals surface area contributed by atoms with E-state index in [1.807, 2.05) is 6.92 Å². The van der Waals surface area contributed by atoms with Crippen LogP contribution in [-0.4, -0.2) is 24.2 Å². The van der Waals surface area contributed by atoms with Gasteiger partial charge in [0.1, 0.15) is 12.4 Å². The van der Waals surface area contributed by atoms with Gasteiger partial charge in [-0.1, -0.05) is 6.07 Å². The molecule has 0 radical (unpaired) electrons. The largest absolute Gasteiger partial charge is 0.508 e. The van der Waals surface area contributed by atoms with Gasteiger partial charge >= 0.3 is 0 Å². The Bertz CT molecular complexity index is 312. The van der Waals surface area contributed by atoms with Gasteiger partial charge in [0.2, 0.25) is 5.91 Å². The molecule has 4 heteroatoms. The molecule has 0 atom stereocenters. The molecule has 0 unspecified atom stereocenters. The van der Waals surface area contributed by atoms with Crippen LogP contribution in [-0.2, 0) is 9.53 Å². The quantitative estimate of drug-likeness (QED) is 0.762. The summed E-state index contributed by atoms with van der Waals surface area (Å²) in [5.41, 5.74) is 0.565. The summed E-state index contributed by atoms with van der Waals surface area (Å²) in [5, 5.41) is 11.7. The Balaban J connectivity index is 2.47. The number of aromatic hydroxyl groups is 1. The van der Waals surface area contributed by atoms with Crippen molar-refractivity contribution in [3.8, 4) is 5.75 Å². The summed E-state index contributed by atoms with van der Waals surface area (Å²) in [6.45, 7) is 2.36. The normalized spacial score (nSPS) is 9.79. The summed E-state index contributed by atoms with van der Waals surface area (Å²) >= 11 is 0. The Morgan fingerprint density at radius 1 is 1.57 bits per heavy atom. The number of phenols is 1. The van der Waals surface area contributed by atoms with Crippen molar-refractivity contribution in [2.45, 2.75) is 6.92 Å². The van der Waals surface area contributed by atoms with Gasteiger partial charge in [0.05, 0.1) is 0 Å². The fourth-order valence-electron chi connectivity index (χ4n) is 0.975. The SMILES string of the molecule is CCOCC(=O)Nc1cccc(O)c1. The number of benzene rings is 1. The fraction of sp³-hybridized carbons (Fsp3) is 0.300. The van der Waals surface area contributed by atoms with Crippen LogP contribution in [0.4, 0.5) is 5.69 Å². The molecule has 0 heterocycles. The van der Waals surface area contributed by atoms with Crippen LogP contribution in [0.1, 0.15) is 6.92 Å². The summed E-state index contributed by atoms with van der Waals surface area (Å²) < 4.78 is 4.92. The van der Waals surface area contributed by atoms with Gasteiger partial charge in [-0.2, -0.15) is 0 Å². The van der Waals surface area contributed by atoms with Gasteiger partial charge in [-0.05, 0) is 19.1 Å². The molecule has 0 aliphatic carbocycles. The lowest BCUT2D eigenvalue weighted by Crippen LogP contribution is -2.17. The number of hydrogen-bond acceptors (Lipinski definition) is 3. The molecule has 0 bridgehead atoms. The van der Waals surface area contributed by atoms with Crippen molar-refractivity contribution in [3.05, 3.63) is 24.3 Å². The minimum atomic E-state index is -0.225. The highest BCUT2D eigenvalue weighted by atomic mass is 16.5. The Hall–Kier alpha value is -1.55. The fourth-order valence-corrected chi connectivity index (χ4v) is 0.975. The van der Waals surface area contributed by atoms with Crippen molar-refractivity contribution in [2.24, 2.45) is 0 Å². The minimum absolute atomic E-state index is 0.0339. The molecule has 2 N–H and O–H groups in total. The molecule has 76 valence electrons. The van der Waals surface area contributed by atoms with Crippen molar-refractivity contribution >= 4 is 11.6 Å².